The van der Waals surface area contributed by atoms with Crippen molar-refractivity contribution >= 4 is 27.3 Å². The first-order valence-corrected chi connectivity index (χ1v) is 10.0. The van der Waals surface area contributed by atoms with Crippen LogP contribution in [0, 0.1) is 10.1 Å². The topological polar surface area (TPSA) is 68.0 Å². The lowest BCUT2D eigenvalue weighted by Gasteiger charge is -2.38. The molecule has 5 rings (SSSR count). The molecule has 29 heavy (non-hydrogen) atoms. The number of para-hydroxylation sites is 1. The summed E-state index contributed by atoms with van der Waals surface area (Å²) in [6, 6.07) is 22.6. The normalized spacial score (nSPS) is 19.8. The summed E-state index contributed by atoms with van der Waals surface area (Å²) in [7, 11) is 0. The van der Waals surface area contributed by atoms with Crippen LogP contribution in [0.2, 0.25) is 0 Å². The Morgan fingerprint density at radius 2 is 1.76 bits per heavy atom. The van der Waals surface area contributed by atoms with Crippen molar-refractivity contribution in [2.45, 2.75) is 18.7 Å². The summed E-state index contributed by atoms with van der Waals surface area (Å²) >= 11 is 3.47. The van der Waals surface area contributed by atoms with Gasteiger partial charge >= 0.3 is 0 Å². The number of fused-ring (bicyclic) bond motifs is 3. The van der Waals surface area contributed by atoms with E-state index >= 15 is 0 Å². The number of non-ortho nitro benzene ring substituents is 1. The van der Waals surface area contributed by atoms with Gasteiger partial charge in [0.1, 0.15) is 5.75 Å². The predicted molar refractivity (Wildman–Crippen MR) is 113 cm³/mol. The number of hydrogen-bond acceptors (Lipinski definition) is 5. The lowest BCUT2D eigenvalue weighted by Crippen LogP contribution is -2.33. The van der Waals surface area contributed by atoms with E-state index in [4.69, 9.17) is 9.84 Å². The molecule has 3 aromatic rings. The van der Waals surface area contributed by atoms with Gasteiger partial charge in [-0.15, -0.1) is 0 Å². The molecular formula is C22H16BrN3O3. The Bertz CT molecular complexity index is 1110. The molecule has 0 spiro atoms. The molecule has 0 fully saturated rings. The average molecular weight is 450 g/mol. The van der Waals surface area contributed by atoms with Gasteiger partial charge in [-0.05, 0) is 35.9 Å². The first-order chi connectivity index (χ1) is 14.1. The van der Waals surface area contributed by atoms with Gasteiger partial charge in [-0.25, -0.2) is 5.01 Å². The average Bonchev–Trinajstić information content (AvgIpc) is 3.19. The maximum absolute atomic E-state index is 11.0. The van der Waals surface area contributed by atoms with Crippen molar-refractivity contribution < 1.29 is 9.66 Å². The van der Waals surface area contributed by atoms with E-state index in [2.05, 4.69) is 34.1 Å². The Hall–Kier alpha value is -3.19. The van der Waals surface area contributed by atoms with Gasteiger partial charge in [0, 0.05) is 34.2 Å². The molecule has 0 radical (unpaired) electrons. The second-order valence-corrected chi connectivity index (χ2v) is 7.93. The zero-order valence-electron chi connectivity index (χ0n) is 15.2. The Morgan fingerprint density at radius 1 is 1.03 bits per heavy atom. The molecule has 2 heterocycles. The van der Waals surface area contributed by atoms with Crippen LogP contribution in [-0.2, 0) is 0 Å². The molecular weight excluding hydrogens is 434 g/mol. The van der Waals surface area contributed by atoms with E-state index in [9.17, 15) is 10.1 Å². The summed E-state index contributed by atoms with van der Waals surface area (Å²) < 4.78 is 7.30. The highest BCUT2D eigenvalue weighted by molar-refractivity contribution is 9.10. The monoisotopic (exact) mass is 449 g/mol. The molecule has 6 nitrogen and oxygen atoms in total. The predicted octanol–water partition coefficient (Wildman–Crippen LogP) is 5.60. The summed E-state index contributed by atoms with van der Waals surface area (Å²) in [5.41, 5.74) is 4.05. The van der Waals surface area contributed by atoms with Crippen LogP contribution in [0.25, 0.3) is 0 Å². The summed E-state index contributed by atoms with van der Waals surface area (Å²) in [6.45, 7) is 0. The van der Waals surface area contributed by atoms with Crippen molar-refractivity contribution in [1.29, 1.82) is 0 Å². The first-order valence-electron chi connectivity index (χ1n) is 9.22. The third kappa shape index (κ3) is 3.17. The molecule has 0 saturated heterocycles. The van der Waals surface area contributed by atoms with Crippen LogP contribution in [-0.4, -0.2) is 15.6 Å². The SMILES string of the molecule is O=[N+]([O-])c1ccc([C@@H]2Oc3ccccc3[C@H]3CC(c4ccc(Br)cc4)=NN32)cc1. The minimum absolute atomic E-state index is 0.0544. The second kappa shape index (κ2) is 7.00. The molecule has 2 aliphatic rings. The van der Waals surface area contributed by atoms with Crippen LogP contribution in [0.1, 0.15) is 35.4 Å². The van der Waals surface area contributed by atoms with Crippen LogP contribution in [0.15, 0.2) is 82.4 Å². The Morgan fingerprint density at radius 3 is 2.48 bits per heavy atom. The minimum Gasteiger partial charge on any atom is -0.464 e. The Labute approximate surface area is 175 Å². The first kappa shape index (κ1) is 17.9. The van der Waals surface area contributed by atoms with Crippen molar-refractivity contribution in [2.75, 3.05) is 0 Å². The van der Waals surface area contributed by atoms with Gasteiger partial charge in [0.25, 0.3) is 5.69 Å². The molecule has 0 aromatic heterocycles. The zero-order valence-corrected chi connectivity index (χ0v) is 16.8. The van der Waals surface area contributed by atoms with E-state index in [0.717, 1.165) is 39.0 Å². The molecule has 0 aliphatic carbocycles. The summed E-state index contributed by atoms with van der Waals surface area (Å²) in [5, 5.41) is 17.9. The number of hydrazone groups is 1. The maximum atomic E-state index is 11.0. The fraction of sp³-hybridized carbons (Fsp3) is 0.136. The standard InChI is InChI=1S/C22H16BrN3O3/c23-16-9-5-14(6-10-16)19-13-20-18-3-1-2-4-21(18)29-22(25(20)24-19)15-7-11-17(12-8-15)26(27)28/h1-12,20,22H,13H2/t20-,22+/m1/s1. The fourth-order valence-electron chi connectivity index (χ4n) is 3.83. The van der Waals surface area contributed by atoms with Crippen LogP contribution in [0.5, 0.6) is 5.75 Å². The zero-order chi connectivity index (χ0) is 20.0. The number of nitro groups is 1. The van der Waals surface area contributed by atoms with Crippen molar-refractivity contribution in [1.82, 2.24) is 5.01 Å². The number of rotatable bonds is 3. The molecule has 0 bridgehead atoms. The molecule has 3 aromatic carbocycles. The molecule has 7 heteroatoms. The van der Waals surface area contributed by atoms with E-state index < -0.39 is 11.2 Å². The highest BCUT2D eigenvalue weighted by Gasteiger charge is 2.40. The van der Waals surface area contributed by atoms with E-state index in [1.54, 1.807) is 12.1 Å². The highest BCUT2D eigenvalue weighted by Crippen LogP contribution is 2.47. The van der Waals surface area contributed by atoms with E-state index in [0.29, 0.717) is 0 Å². The van der Waals surface area contributed by atoms with E-state index in [-0.39, 0.29) is 11.7 Å². The number of halogens is 1. The van der Waals surface area contributed by atoms with Crippen LogP contribution in [0.3, 0.4) is 0 Å². The smallest absolute Gasteiger partial charge is 0.269 e. The quantitative estimate of drug-likeness (QED) is 0.385. The van der Waals surface area contributed by atoms with Gasteiger partial charge in [-0.3, -0.25) is 10.1 Å². The molecule has 2 atom stereocenters. The molecule has 2 aliphatic heterocycles. The van der Waals surface area contributed by atoms with Crippen molar-refractivity contribution in [2.24, 2.45) is 5.10 Å². The Kier molecular flexibility index (Phi) is 4.32. The van der Waals surface area contributed by atoms with Gasteiger partial charge in [-0.1, -0.05) is 46.3 Å². The van der Waals surface area contributed by atoms with Gasteiger partial charge in [0.05, 0.1) is 16.7 Å². The number of nitrogens with zero attached hydrogens (tertiary/aromatic N) is 3. The minimum atomic E-state index is -0.441. The fourth-order valence-corrected chi connectivity index (χ4v) is 4.10. The lowest BCUT2D eigenvalue weighted by molar-refractivity contribution is -0.384. The van der Waals surface area contributed by atoms with E-state index in [1.165, 1.54) is 12.1 Å². The van der Waals surface area contributed by atoms with Crippen molar-refractivity contribution in [3.05, 3.63) is 104 Å². The second-order valence-electron chi connectivity index (χ2n) is 7.01. The number of nitro benzene ring substituents is 1. The third-order valence-electron chi connectivity index (χ3n) is 5.27. The van der Waals surface area contributed by atoms with Gasteiger partial charge in [0.15, 0.2) is 0 Å². The summed E-state index contributed by atoms with van der Waals surface area (Å²) in [4.78, 5) is 10.6. The maximum Gasteiger partial charge on any atom is 0.269 e. The molecule has 144 valence electrons. The Balaban J connectivity index is 1.56. The number of ether oxygens (including phenoxy) is 1. The number of benzene rings is 3. The summed E-state index contributed by atoms with van der Waals surface area (Å²) in [6.07, 6.45) is 0.328. The molecule has 0 saturated carbocycles. The largest absolute Gasteiger partial charge is 0.464 e. The van der Waals surface area contributed by atoms with Crippen LogP contribution in [0.4, 0.5) is 5.69 Å². The third-order valence-corrected chi connectivity index (χ3v) is 5.79. The van der Waals surface area contributed by atoms with Crippen LogP contribution < -0.4 is 4.74 Å². The summed E-state index contributed by atoms with van der Waals surface area (Å²) in [5.74, 6) is 0.823. The lowest BCUT2D eigenvalue weighted by atomic mass is 9.96. The van der Waals surface area contributed by atoms with Gasteiger partial charge in [-0.2, -0.15) is 5.10 Å². The number of hydrogen-bond donors (Lipinski definition) is 0. The van der Waals surface area contributed by atoms with Crippen molar-refractivity contribution in [3.63, 3.8) is 0 Å². The molecule has 0 unspecified atom stereocenters. The van der Waals surface area contributed by atoms with Gasteiger partial charge in [0.2, 0.25) is 6.23 Å². The van der Waals surface area contributed by atoms with E-state index in [1.807, 2.05) is 35.3 Å². The van der Waals surface area contributed by atoms with Gasteiger partial charge < -0.3 is 4.74 Å². The highest BCUT2D eigenvalue weighted by atomic mass is 79.9. The van der Waals surface area contributed by atoms with Crippen molar-refractivity contribution in [3.8, 4) is 5.75 Å². The van der Waals surface area contributed by atoms with Crippen LogP contribution >= 0.6 is 15.9 Å². The molecule has 0 N–H and O–H groups in total. The molecule has 0 amide bonds.